The fourth-order valence-corrected chi connectivity index (χ4v) is 2.14. The first-order valence-electron chi connectivity index (χ1n) is 6.11. The van der Waals surface area contributed by atoms with E-state index in [-0.39, 0.29) is 6.10 Å². The Kier molecular flexibility index (Phi) is 4.52. The first-order chi connectivity index (χ1) is 9.13. The number of rotatable bonds is 5. The summed E-state index contributed by atoms with van der Waals surface area (Å²) in [7, 11) is 0. The van der Waals surface area contributed by atoms with Gasteiger partial charge in [-0.2, -0.15) is 5.10 Å². The zero-order valence-corrected chi connectivity index (χ0v) is 12.1. The van der Waals surface area contributed by atoms with Crippen LogP contribution in [0.15, 0.2) is 34.7 Å². The summed E-state index contributed by atoms with van der Waals surface area (Å²) in [6.45, 7) is 5.97. The van der Waals surface area contributed by atoms with Gasteiger partial charge in [0.25, 0.3) is 0 Å². The number of benzene rings is 1. The topological polar surface area (TPSA) is 46.5 Å². The molecule has 0 bridgehead atoms. The van der Waals surface area contributed by atoms with Gasteiger partial charge in [-0.25, -0.2) is 4.98 Å². The van der Waals surface area contributed by atoms with Crippen LogP contribution in [0.1, 0.15) is 25.1 Å². The molecule has 1 aromatic carbocycles. The smallest absolute Gasteiger partial charge is 0.203 e. The number of aryl methyl sites for hydroxylation is 1. The van der Waals surface area contributed by atoms with Crippen molar-refractivity contribution >= 4 is 22.7 Å². The van der Waals surface area contributed by atoms with E-state index in [0.717, 1.165) is 22.1 Å². The van der Waals surface area contributed by atoms with Crippen molar-refractivity contribution < 1.29 is 4.74 Å². The number of hydrogen-bond donors (Lipinski definition) is 1. The molecule has 4 nitrogen and oxygen atoms in total. The molecule has 0 atom stereocenters. The summed E-state index contributed by atoms with van der Waals surface area (Å²) in [5.74, 6) is 0.851. The number of ether oxygens (including phenoxy) is 1. The molecule has 0 unspecified atom stereocenters. The number of aromatic nitrogens is 1. The molecule has 1 N–H and O–H groups in total. The van der Waals surface area contributed by atoms with Crippen LogP contribution in [-0.2, 0) is 0 Å². The molecule has 0 radical (unpaired) electrons. The lowest BCUT2D eigenvalue weighted by Gasteiger charge is -2.09. The summed E-state index contributed by atoms with van der Waals surface area (Å²) in [5.41, 5.74) is 4.89. The van der Waals surface area contributed by atoms with E-state index in [9.17, 15) is 0 Å². The number of thiazole rings is 1. The van der Waals surface area contributed by atoms with E-state index in [1.54, 1.807) is 6.21 Å². The van der Waals surface area contributed by atoms with Crippen molar-refractivity contribution in [2.24, 2.45) is 5.10 Å². The highest BCUT2D eigenvalue weighted by molar-refractivity contribution is 7.13. The van der Waals surface area contributed by atoms with Crippen molar-refractivity contribution in [2.45, 2.75) is 26.9 Å². The zero-order chi connectivity index (χ0) is 13.7. The number of nitrogens with zero attached hydrogens (tertiary/aromatic N) is 2. The maximum absolute atomic E-state index is 5.63. The average Bonchev–Trinajstić information content (AvgIpc) is 2.75. The van der Waals surface area contributed by atoms with E-state index < -0.39 is 0 Å². The maximum Gasteiger partial charge on any atom is 0.203 e. The van der Waals surface area contributed by atoms with Gasteiger partial charge >= 0.3 is 0 Å². The predicted molar refractivity (Wildman–Crippen MR) is 80.3 cm³/mol. The van der Waals surface area contributed by atoms with Crippen LogP contribution < -0.4 is 10.2 Å². The Morgan fingerprint density at radius 2 is 2.26 bits per heavy atom. The third-order valence-electron chi connectivity index (χ3n) is 2.22. The highest BCUT2D eigenvalue weighted by Crippen LogP contribution is 2.15. The number of hydrogen-bond acceptors (Lipinski definition) is 5. The summed E-state index contributed by atoms with van der Waals surface area (Å²) >= 11 is 1.54. The van der Waals surface area contributed by atoms with Gasteiger partial charge in [-0.05, 0) is 38.5 Å². The standard InChI is InChI=1S/C14H17N3OS/c1-10(2)18-13-6-4-5-12(7-13)8-15-17-14-16-11(3)9-19-14/h4-10H,1-3H3,(H,16,17)/b15-8-. The molecule has 0 saturated carbocycles. The fraction of sp³-hybridized carbons (Fsp3) is 0.286. The largest absolute Gasteiger partial charge is 0.491 e. The first kappa shape index (κ1) is 13.5. The van der Waals surface area contributed by atoms with Crippen molar-refractivity contribution in [1.29, 1.82) is 0 Å². The molecule has 0 aliphatic carbocycles. The molecule has 1 heterocycles. The van der Waals surface area contributed by atoms with Crippen LogP contribution in [0.25, 0.3) is 0 Å². The van der Waals surface area contributed by atoms with Crippen molar-refractivity contribution in [2.75, 3.05) is 5.43 Å². The lowest BCUT2D eigenvalue weighted by molar-refractivity contribution is 0.242. The number of nitrogens with one attached hydrogen (secondary N) is 1. The minimum atomic E-state index is 0.170. The van der Waals surface area contributed by atoms with Gasteiger partial charge in [-0.3, -0.25) is 5.43 Å². The Morgan fingerprint density at radius 3 is 2.95 bits per heavy atom. The summed E-state index contributed by atoms with van der Waals surface area (Å²) in [5, 5.41) is 6.94. The molecule has 1 aromatic heterocycles. The molecule has 100 valence electrons. The van der Waals surface area contributed by atoms with Crippen molar-refractivity contribution in [3.63, 3.8) is 0 Å². The van der Waals surface area contributed by atoms with Crippen LogP contribution in [0.2, 0.25) is 0 Å². The van der Waals surface area contributed by atoms with Crippen molar-refractivity contribution in [1.82, 2.24) is 4.98 Å². The zero-order valence-electron chi connectivity index (χ0n) is 11.3. The van der Waals surface area contributed by atoms with Gasteiger partial charge in [-0.1, -0.05) is 12.1 Å². The second-order valence-corrected chi connectivity index (χ2v) is 5.26. The second-order valence-electron chi connectivity index (χ2n) is 4.40. The predicted octanol–water partition coefficient (Wildman–Crippen LogP) is 3.68. The van der Waals surface area contributed by atoms with Crippen molar-refractivity contribution in [3.8, 4) is 5.75 Å². The van der Waals surface area contributed by atoms with Gasteiger partial charge < -0.3 is 4.74 Å². The van der Waals surface area contributed by atoms with Gasteiger partial charge in [-0.15, -0.1) is 11.3 Å². The van der Waals surface area contributed by atoms with E-state index >= 15 is 0 Å². The van der Waals surface area contributed by atoms with Crippen LogP contribution in [0.5, 0.6) is 5.75 Å². The van der Waals surface area contributed by atoms with Crippen LogP contribution >= 0.6 is 11.3 Å². The molecule has 2 aromatic rings. The highest BCUT2D eigenvalue weighted by atomic mass is 32.1. The third kappa shape index (κ3) is 4.37. The van der Waals surface area contributed by atoms with Gasteiger partial charge in [0.1, 0.15) is 5.75 Å². The molecule has 19 heavy (non-hydrogen) atoms. The molecule has 2 rings (SSSR count). The lowest BCUT2D eigenvalue weighted by atomic mass is 10.2. The van der Waals surface area contributed by atoms with Crippen LogP contribution in [0.3, 0.4) is 0 Å². The third-order valence-corrected chi connectivity index (χ3v) is 3.09. The van der Waals surface area contributed by atoms with Crippen LogP contribution in [0, 0.1) is 6.92 Å². The van der Waals surface area contributed by atoms with E-state index in [0.29, 0.717) is 0 Å². The van der Waals surface area contributed by atoms with Crippen LogP contribution in [0.4, 0.5) is 5.13 Å². The Hall–Kier alpha value is -1.88. The molecule has 0 aliphatic heterocycles. The summed E-state index contributed by atoms with van der Waals surface area (Å²) in [4.78, 5) is 4.27. The van der Waals surface area contributed by atoms with Crippen LogP contribution in [-0.4, -0.2) is 17.3 Å². The summed E-state index contributed by atoms with van der Waals surface area (Å²) < 4.78 is 5.63. The van der Waals surface area contributed by atoms with E-state index in [2.05, 4.69) is 15.5 Å². The van der Waals surface area contributed by atoms with Gasteiger partial charge in [0.15, 0.2) is 0 Å². The van der Waals surface area contributed by atoms with Gasteiger partial charge in [0.2, 0.25) is 5.13 Å². The minimum Gasteiger partial charge on any atom is -0.491 e. The van der Waals surface area contributed by atoms with Gasteiger partial charge in [0, 0.05) is 5.38 Å². The first-order valence-corrected chi connectivity index (χ1v) is 6.99. The molecule has 0 aliphatic rings. The SMILES string of the molecule is Cc1csc(N/N=C\c2cccc(OC(C)C)c2)n1. The molecular weight excluding hydrogens is 258 g/mol. The molecular formula is C14H17N3OS. The highest BCUT2D eigenvalue weighted by Gasteiger charge is 1.98. The van der Waals surface area contributed by atoms with Gasteiger partial charge in [0.05, 0.1) is 18.0 Å². The summed E-state index contributed by atoms with van der Waals surface area (Å²) in [6.07, 6.45) is 1.92. The van der Waals surface area contributed by atoms with Crippen molar-refractivity contribution in [3.05, 3.63) is 40.9 Å². The van der Waals surface area contributed by atoms with E-state index in [1.165, 1.54) is 11.3 Å². The Labute approximate surface area is 117 Å². The molecule has 5 heteroatoms. The molecule has 0 fully saturated rings. The Morgan fingerprint density at radius 1 is 1.42 bits per heavy atom. The normalized spacial score (nSPS) is 11.2. The Bertz CT molecular complexity index is 563. The molecule has 0 saturated heterocycles. The van der Waals surface area contributed by atoms with E-state index in [4.69, 9.17) is 4.74 Å². The quantitative estimate of drug-likeness (QED) is 0.668. The summed E-state index contributed by atoms with van der Waals surface area (Å²) in [6, 6.07) is 7.82. The number of anilines is 1. The second kappa shape index (κ2) is 6.33. The number of hydrazone groups is 1. The fourth-order valence-electron chi connectivity index (χ4n) is 1.51. The monoisotopic (exact) mass is 275 g/mol. The average molecular weight is 275 g/mol. The maximum atomic E-state index is 5.63. The minimum absolute atomic E-state index is 0.170. The lowest BCUT2D eigenvalue weighted by Crippen LogP contribution is -2.05. The Balaban J connectivity index is 1.98. The molecule has 0 amide bonds. The van der Waals surface area contributed by atoms with E-state index in [1.807, 2.05) is 50.4 Å². The molecule has 0 spiro atoms.